The molecule has 14 heavy (non-hydrogen) atoms. The van der Waals surface area contributed by atoms with Crippen LogP contribution in [-0.2, 0) is 4.74 Å². The highest BCUT2D eigenvalue weighted by atomic mass is 79.9. The topological polar surface area (TPSA) is 46.5 Å². The van der Waals surface area contributed by atoms with E-state index in [1.807, 2.05) is 6.07 Å². The van der Waals surface area contributed by atoms with Crippen LogP contribution >= 0.6 is 15.9 Å². The summed E-state index contributed by atoms with van der Waals surface area (Å²) >= 11 is 3.08. The van der Waals surface area contributed by atoms with E-state index in [2.05, 4.69) is 15.9 Å². The molecule has 0 bridgehead atoms. The quantitative estimate of drug-likeness (QED) is 0.660. The maximum absolute atomic E-state index is 11.3. The van der Waals surface area contributed by atoms with E-state index in [0.29, 0.717) is 10.9 Å². The molecule has 0 aliphatic carbocycles. The molecule has 0 amide bonds. The van der Waals surface area contributed by atoms with Crippen LogP contribution in [0.25, 0.3) is 0 Å². The van der Waals surface area contributed by atoms with Gasteiger partial charge in [-0.25, -0.2) is 4.79 Å². The Morgan fingerprint density at radius 2 is 2.07 bits per heavy atom. The van der Waals surface area contributed by atoms with E-state index in [1.54, 1.807) is 24.3 Å². The number of hydrogen-bond donors (Lipinski definition) is 1. The molecule has 1 aromatic rings. The Kier molecular flexibility index (Phi) is 4.62. The minimum atomic E-state index is -0.650. The van der Waals surface area contributed by atoms with Gasteiger partial charge in [0.2, 0.25) is 0 Å². The van der Waals surface area contributed by atoms with Crippen LogP contribution in [0.3, 0.4) is 0 Å². The lowest BCUT2D eigenvalue weighted by Crippen LogP contribution is -2.19. The van der Waals surface area contributed by atoms with Gasteiger partial charge in [-0.2, -0.15) is 0 Å². The minimum absolute atomic E-state index is 0.0129. The summed E-state index contributed by atoms with van der Waals surface area (Å²) in [5, 5.41) is 9.53. The fourth-order valence-corrected chi connectivity index (χ4v) is 1.06. The Bertz CT molecular complexity index is 287. The first-order chi connectivity index (χ1) is 6.74. The van der Waals surface area contributed by atoms with E-state index in [4.69, 9.17) is 9.84 Å². The average Bonchev–Trinajstić information content (AvgIpc) is 2.26. The van der Waals surface area contributed by atoms with Crippen molar-refractivity contribution in [1.29, 1.82) is 0 Å². The van der Waals surface area contributed by atoms with Crippen LogP contribution in [-0.4, -0.2) is 29.1 Å². The molecule has 4 heteroatoms. The largest absolute Gasteiger partial charge is 0.459 e. The number of carbonyl (C=O) groups excluding carboxylic acids is 1. The highest BCUT2D eigenvalue weighted by Gasteiger charge is 2.08. The summed E-state index contributed by atoms with van der Waals surface area (Å²) in [4.78, 5) is 11.3. The monoisotopic (exact) mass is 258 g/mol. The van der Waals surface area contributed by atoms with Crippen molar-refractivity contribution in [3.8, 4) is 0 Å². The van der Waals surface area contributed by atoms with E-state index in [1.165, 1.54) is 0 Å². The number of aliphatic hydroxyl groups excluding tert-OH is 1. The maximum Gasteiger partial charge on any atom is 0.338 e. The Balaban J connectivity index is 2.44. The van der Waals surface area contributed by atoms with E-state index >= 15 is 0 Å². The lowest BCUT2D eigenvalue weighted by molar-refractivity contribution is 0.0307. The molecular weight excluding hydrogens is 248 g/mol. The zero-order chi connectivity index (χ0) is 10.4. The number of alkyl halides is 1. The van der Waals surface area contributed by atoms with Gasteiger partial charge in [-0.1, -0.05) is 34.1 Å². The third-order valence-electron chi connectivity index (χ3n) is 1.59. The predicted octanol–water partition coefficient (Wildman–Crippen LogP) is 1.60. The molecular formula is C10H11BrO3. The zero-order valence-corrected chi connectivity index (χ0v) is 9.11. The summed E-state index contributed by atoms with van der Waals surface area (Å²) in [6.07, 6.45) is -0.650. The number of hydrogen-bond acceptors (Lipinski definition) is 3. The normalized spacial score (nSPS) is 12.1. The molecule has 1 atom stereocenters. The number of esters is 1. The summed E-state index contributed by atoms with van der Waals surface area (Å²) in [5.41, 5.74) is 0.495. The Hall–Kier alpha value is -0.870. The highest BCUT2D eigenvalue weighted by molar-refractivity contribution is 9.09. The Labute approximate surface area is 90.8 Å². The molecule has 0 saturated carbocycles. The predicted molar refractivity (Wildman–Crippen MR) is 56.5 cm³/mol. The first-order valence-electron chi connectivity index (χ1n) is 4.20. The zero-order valence-electron chi connectivity index (χ0n) is 7.52. The van der Waals surface area contributed by atoms with Crippen molar-refractivity contribution < 1.29 is 14.6 Å². The van der Waals surface area contributed by atoms with Crippen molar-refractivity contribution in [3.63, 3.8) is 0 Å². The fraction of sp³-hybridized carbons (Fsp3) is 0.300. The molecule has 0 fully saturated rings. The molecule has 76 valence electrons. The second-order valence-electron chi connectivity index (χ2n) is 2.77. The third kappa shape index (κ3) is 3.47. The van der Waals surface area contributed by atoms with E-state index in [9.17, 15) is 4.79 Å². The Morgan fingerprint density at radius 1 is 1.43 bits per heavy atom. The van der Waals surface area contributed by atoms with Crippen LogP contribution < -0.4 is 0 Å². The van der Waals surface area contributed by atoms with Crippen molar-refractivity contribution in [2.45, 2.75) is 6.10 Å². The summed E-state index contributed by atoms with van der Waals surface area (Å²) in [7, 11) is 0. The van der Waals surface area contributed by atoms with Gasteiger partial charge < -0.3 is 9.84 Å². The fourth-order valence-electron chi connectivity index (χ4n) is 0.874. The number of ether oxygens (including phenoxy) is 1. The number of benzene rings is 1. The van der Waals surface area contributed by atoms with Crippen LogP contribution in [0, 0.1) is 0 Å². The van der Waals surface area contributed by atoms with Gasteiger partial charge in [0.05, 0.1) is 11.7 Å². The molecule has 0 saturated heterocycles. The molecule has 1 N–H and O–H groups in total. The van der Waals surface area contributed by atoms with E-state index in [-0.39, 0.29) is 6.61 Å². The highest BCUT2D eigenvalue weighted by Crippen LogP contribution is 2.02. The molecule has 3 nitrogen and oxygen atoms in total. The van der Waals surface area contributed by atoms with Gasteiger partial charge in [-0.05, 0) is 12.1 Å². The maximum atomic E-state index is 11.3. The summed E-state index contributed by atoms with van der Waals surface area (Å²) in [5.74, 6) is -0.411. The SMILES string of the molecule is O=C(OCC(O)CBr)c1ccccc1. The standard InChI is InChI=1S/C10H11BrO3/c11-6-9(12)7-14-10(13)8-4-2-1-3-5-8/h1-5,9,12H,6-7H2. The van der Waals surface area contributed by atoms with Gasteiger partial charge in [0, 0.05) is 5.33 Å². The van der Waals surface area contributed by atoms with Crippen LogP contribution in [0.4, 0.5) is 0 Å². The lowest BCUT2D eigenvalue weighted by atomic mass is 10.2. The lowest BCUT2D eigenvalue weighted by Gasteiger charge is -2.07. The molecule has 0 spiro atoms. The van der Waals surface area contributed by atoms with Crippen molar-refractivity contribution in [3.05, 3.63) is 35.9 Å². The van der Waals surface area contributed by atoms with Gasteiger partial charge in [-0.15, -0.1) is 0 Å². The third-order valence-corrected chi connectivity index (χ3v) is 2.34. The molecule has 0 heterocycles. The van der Waals surface area contributed by atoms with Crippen LogP contribution in [0.5, 0.6) is 0 Å². The minimum Gasteiger partial charge on any atom is -0.459 e. The first kappa shape index (κ1) is 11.2. The van der Waals surface area contributed by atoms with E-state index < -0.39 is 12.1 Å². The number of aliphatic hydroxyl groups is 1. The van der Waals surface area contributed by atoms with Crippen molar-refractivity contribution in [1.82, 2.24) is 0 Å². The first-order valence-corrected chi connectivity index (χ1v) is 5.32. The average molecular weight is 259 g/mol. The second-order valence-corrected chi connectivity index (χ2v) is 3.42. The second kappa shape index (κ2) is 5.78. The number of carbonyl (C=O) groups is 1. The van der Waals surface area contributed by atoms with Crippen molar-refractivity contribution in [2.75, 3.05) is 11.9 Å². The molecule has 1 rings (SSSR count). The molecule has 0 aliphatic rings. The summed E-state index contributed by atoms with van der Waals surface area (Å²) in [6.45, 7) is 0.0129. The molecule has 1 aromatic carbocycles. The molecule has 0 aromatic heterocycles. The van der Waals surface area contributed by atoms with Crippen LogP contribution in [0.1, 0.15) is 10.4 Å². The summed E-state index contributed by atoms with van der Waals surface area (Å²) < 4.78 is 4.86. The van der Waals surface area contributed by atoms with E-state index in [0.717, 1.165) is 0 Å². The van der Waals surface area contributed by atoms with Gasteiger partial charge in [0.15, 0.2) is 0 Å². The molecule has 0 radical (unpaired) electrons. The molecule has 0 aliphatic heterocycles. The van der Waals surface area contributed by atoms with Gasteiger partial charge in [-0.3, -0.25) is 0 Å². The number of halogens is 1. The molecule has 1 unspecified atom stereocenters. The van der Waals surface area contributed by atoms with Gasteiger partial charge in [0.1, 0.15) is 6.61 Å². The van der Waals surface area contributed by atoms with Crippen molar-refractivity contribution in [2.24, 2.45) is 0 Å². The van der Waals surface area contributed by atoms with Crippen LogP contribution in [0.15, 0.2) is 30.3 Å². The Morgan fingerprint density at radius 3 is 2.64 bits per heavy atom. The van der Waals surface area contributed by atoms with Crippen molar-refractivity contribution >= 4 is 21.9 Å². The summed E-state index contributed by atoms with van der Waals surface area (Å²) in [6, 6.07) is 8.69. The number of rotatable bonds is 4. The van der Waals surface area contributed by atoms with Crippen LogP contribution in [0.2, 0.25) is 0 Å². The van der Waals surface area contributed by atoms with Gasteiger partial charge in [0.25, 0.3) is 0 Å². The smallest absolute Gasteiger partial charge is 0.338 e. The van der Waals surface area contributed by atoms with Gasteiger partial charge >= 0.3 is 5.97 Å².